The van der Waals surface area contributed by atoms with Crippen LogP contribution in [0.5, 0.6) is 0 Å². The summed E-state index contributed by atoms with van der Waals surface area (Å²) < 4.78 is 25.1. The molecule has 7 heteroatoms. The molecule has 0 amide bonds. The van der Waals surface area contributed by atoms with Gasteiger partial charge in [0.1, 0.15) is 5.82 Å². The van der Waals surface area contributed by atoms with Gasteiger partial charge in [0.05, 0.1) is 21.5 Å². The molecule has 120 valence electrons. The number of nitrogens with one attached hydrogen (secondary N) is 1. The molecule has 0 radical (unpaired) electrons. The van der Waals surface area contributed by atoms with Gasteiger partial charge in [-0.1, -0.05) is 24.3 Å². The Hall–Kier alpha value is -1.92. The van der Waals surface area contributed by atoms with Crippen molar-refractivity contribution in [3.05, 3.63) is 46.9 Å². The van der Waals surface area contributed by atoms with E-state index in [0.29, 0.717) is 17.9 Å². The molecular weight excluding hydrogens is 334 g/mol. The Morgan fingerprint density at radius 1 is 1.22 bits per heavy atom. The van der Waals surface area contributed by atoms with Gasteiger partial charge in [0.25, 0.3) is 0 Å². The highest BCUT2D eigenvalue weighted by atomic mass is 35.5. The van der Waals surface area contributed by atoms with Gasteiger partial charge in [0, 0.05) is 12.0 Å². The predicted molar refractivity (Wildman–Crippen MR) is 91.8 cm³/mol. The summed E-state index contributed by atoms with van der Waals surface area (Å²) in [6.45, 7) is 3.32. The lowest BCUT2D eigenvalue weighted by atomic mass is 10.2. The Kier molecular flexibility index (Phi) is 4.12. The monoisotopic (exact) mass is 349 g/mol. The summed E-state index contributed by atoms with van der Waals surface area (Å²) in [6, 6.07) is 6.80. The number of anilines is 2. The van der Waals surface area contributed by atoms with Crippen LogP contribution in [0.1, 0.15) is 25.1 Å². The van der Waals surface area contributed by atoms with Crippen molar-refractivity contribution in [2.45, 2.75) is 30.4 Å². The summed E-state index contributed by atoms with van der Waals surface area (Å²) >= 11 is 5.97. The van der Waals surface area contributed by atoms with Crippen molar-refractivity contribution in [2.75, 3.05) is 5.32 Å². The minimum atomic E-state index is -3.41. The first-order valence-corrected chi connectivity index (χ1v) is 9.15. The third kappa shape index (κ3) is 2.96. The number of hydrogen-bond donors (Lipinski definition) is 1. The standard InChI is InChI=1S/C16H16ClN3O2S/c1-10(2)23(21,22)14-9-4-3-7-13(14)18-15-11-6-5-8-12(11)19-16(17)20-15/h3-7,9-10H,8H2,1-2H3,(H,18,19,20). The van der Waals surface area contributed by atoms with E-state index < -0.39 is 15.1 Å². The fourth-order valence-corrected chi connectivity index (χ4v) is 3.79. The number of para-hydroxylation sites is 1. The molecule has 1 aromatic carbocycles. The van der Waals surface area contributed by atoms with Crippen LogP contribution in [0.25, 0.3) is 6.08 Å². The number of sulfone groups is 1. The van der Waals surface area contributed by atoms with Crippen LogP contribution < -0.4 is 5.32 Å². The van der Waals surface area contributed by atoms with Crippen molar-refractivity contribution in [3.8, 4) is 0 Å². The number of rotatable bonds is 4. The van der Waals surface area contributed by atoms with E-state index in [2.05, 4.69) is 15.3 Å². The topological polar surface area (TPSA) is 72.0 Å². The van der Waals surface area contributed by atoms with Gasteiger partial charge < -0.3 is 5.32 Å². The Morgan fingerprint density at radius 3 is 2.70 bits per heavy atom. The fourth-order valence-electron chi connectivity index (χ4n) is 2.40. The van der Waals surface area contributed by atoms with Crippen molar-refractivity contribution in [1.82, 2.24) is 9.97 Å². The molecule has 0 unspecified atom stereocenters. The maximum Gasteiger partial charge on any atom is 0.224 e. The van der Waals surface area contributed by atoms with E-state index in [1.165, 1.54) is 0 Å². The van der Waals surface area contributed by atoms with Gasteiger partial charge >= 0.3 is 0 Å². The number of aromatic nitrogens is 2. The van der Waals surface area contributed by atoms with Crippen molar-refractivity contribution < 1.29 is 8.42 Å². The van der Waals surface area contributed by atoms with Gasteiger partial charge in [-0.05, 0) is 37.6 Å². The highest BCUT2D eigenvalue weighted by Gasteiger charge is 2.23. The number of fused-ring (bicyclic) bond motifs is 1. The first-order chi connectivity index (χ1) is 10.9. The van der Waals surface area contributed by atoms with Crippen LogP contribution in [-0.4, -0.2) is 23.6 Å². The van der Waals surface area contributed by atoms with Gasteiger partial charge in [-0.3, -0.25) is 0 Å². The largest absolute Gasteiger partial charge is 0.339 e. The molecule has 1 aromatic heterocycles. The maximum absolute atomic E-state index is 12.5. The van der Waals surface area contributed by atoms with E-state index in [1.54, 1.807) is 38.1 Å². The molecule has 0 fully saturated rings. The van der Waals surface area contributed by atoms with Gasteiger partial charge in [0.2, 0.25) is 5.28 Å². The van der Waals surface area contributed by atoms with Crippen LogP contribution in [0.4, 0.5) is 11.5 Å². The van der Waals surface area contributed by atoms with Crippen LogP contribution in [0.15, 0.2) is 35.2 Å². The molecule has 3 rings (SSSR count). The van der Waals surface area contributed by atoms with Crippen LogP contribution in [-0.2, 0) is 16.3 Å². The van der Waals surface area contributed by atoms with Gasteiger partial charge in [-0.2, -0.15) is 4.98 Å². The van der Waals surface area contributed by atoms with E-state index in [4.69, 9.17) is 11.6 Å². The predicted octanol–water partition coefficient (Wildman–Crippen LogP) is 3.63. The molecule has 1 aliphatic rings. The zero-order valence-corrected chi connectivity index (χ0v) is 14.3. The van der Waals surface area contributed by atoms with Crippen LogP contribution in [0.3, 0.4) is 0 Å². The summed E-state index contributed by atoms with van der Waals surface area (Å²) in [7, 11) is -3.41. The summed E-state index contributed by atoms with van der Waals surface area (Å²) in [6.07, 6.45) is 4.57. The second-order valence-corrected chi connectivity index (χ2v) is 8.33. The zero-order valence-electron chi connectivity index (χ0n) is 12.7. The molecule has 0 saturated carbocycles. The van der Waals surface area contributed by atoms with E-state index in [1.807, 2.05) is 12.2 Å². The van der Waals surface area contributed by atoms with Crippen LogP contribution >= 0.6 is 11.6 Å². The lowest BCUT2D eigenvalue weighted by Crippen LogP contribution is -2.16. The molecule has 1 aliphatic carbocycles. The molecule has 2 aromatic rings. The van der Waals surface area contributed by atoms with E-state index in [0.717, 1.165) is 11.3 Å². The van der Waals surface area contributed by atoms with Crippen LogP contribution in [0, 0.1) is 0 Å². The first-order valence-electron chi connectivity index (χ1n) is 7.22. The Labute approximate surface area is 140 Å². The highest BCUT2D eigenvalue weighted by Crippen LogP contribution is 2.31. The lowest BCUT2D eigenvalue weighted by molar-refractivity contribution is 0.588. The maximum atomic E-state index is 12.5. The summed E-state index contributed by atoms with van der Waals surface area (Å²) in [4.78, 5) is 8.64. The lowest BCUT2D eigenvalue weighted by Gasteiger charge is -2.15. The van der Waals surface area contributed by atoms with Crippen LogP contribution in [0.2, 0.25) is 5.28 Å². The third-order valence-corrected chi connectivity index (χ3v) is 6.04. The number of halogens is 1. The normalized spacial score (nSPS) is 13.4. The average Bonchev–Trinajstić information content (AvgIpc) is 2.95. The smallest absolute Gasteiger partial charge is 0.224 e. The number of nitrogens with zero attached hydrogens (tertiary/aromatic N) is 2. The van der Waals surface area contributed by atoms with E-state index >= 15 is 0 Å². The van der Waals surface area contributed by atoms with E-state index in [-0.39, 0.29) is 10.2 Å². The highest BCUT2D eigenvalue weighted by molar-refractivity contribution is 7.92. The minimum Gasteiger partial charge on any atom is -0.339 e. The van der Waals surface area contributed by atoms with E-state index in [9.17, 15) is 8.42 Å². The number of allylic oxidation sites excluding steroid dienone is 1. The summed E-state index contributed by atoms with van der Waals surface area (Å²) in [5.74, 6) is 0.514. The Morgan fingerprint density at radius 2 is 1.96 bits per heavy atom. The Bertz CT molecular complexity index is 892. The molecule has 0 bridgehead atoms. The molecule has 23 heavy (non-hydrogen) atoms. The quantitative estimate of drug-likeness (QED) is 0.853. The second-order valence-electron chi connectivity index (χ2n) is 5.52. The van der Waals surface area contributed by atoms with Crippen molar-refractivity contribution in [2.24, 2.45) is 0 Å². The molecule has 0 saturated heterocycles. The number of benzene rings is 1. The average molecular weight is 350 g/mol. The van der Waals surface area contributed by atoms with Gasteiger partial charge in [0.15, 0.2) is 9.84 Å². The minimum absolute atomic E-state index is 0.138. The van der Waals surface area contributed by atoms with Gasteiger partial charge in [-0.15, -0.1) is 0 Å². The molecule has 0 aliphatic heterocycles. The van der Waals surface area contributed by atoms with Crippen molar-refractivity contribution >= 4 is 39.0 Å². The zero-order chi connectivity index (χ0) is 16.6. The molecule has 5 nitrogen and oxygen atoms in total. The molecule has 1 N–H and O–H groups in total. The summed E-state index contributed by atoms with van der Waals surface area (Å²) in [5.41, 5.74) is 2.15. The van der Waals surface area contributed by atoms with Crippen molar-refractivity contribution in [1.29, 1.82) is 0 Å². The molecule has 1 heterocycles. The fraction of sp³-hybridized carbons (Fsp3) is 0.250. The second kappa shape index (κ2) is 5.94. The molecule has 0 spiro atoms. The molecule has 0 atom stereocenters. The number of hydrogen-bond acceptors (Lipinski definition) is 5. The Balaban J connectivity index is 2.08. The SMILES string of the molecule is CC(C)S(=O)(=O)c1ccccc1Nc1nc(Cl)nc2c1C=CC2. The molecular formula is C16H16ClN3O2S. The third-order valence-electron chi connectivity index (χ3n) is 3.66. The van der Waals surface area contributed by atoms with Crippen molar-refractivity contribution in [3.63, 3.8) is 0 Å². The first kappa shape index (κ1) is 16.0. The summed E-state index contributed by atoms with van der Waals surface area (Å²) in [5, 5.41) is 2.74. The van der Waals surface area contributed by atoms with Gasteiger partial charge in [-0.25, -0.2) is 13.4 Å².